The molecule has 0 aliphatic carbocycles. The summed E-state index contributed by atoms with van der Waals surface area (Å²) < 4.78 is 5.92. The van der Waals surface area contributed by atoms with Gasteiger partial charge in [0.15, 0.2) is 0 Å². The number of benzene rings is 5. The lowest BCUT2D eigenvalue weighted by molar-refractivity contribution is -0.118. The molecular weight excluding hydrogens is 512 g/mol. The van der Waals surface area contributed by atoms with Gasteiger partial charge in [-0.1, -0.05) is 72.8 Å². The van der Waals surface area contributed by atoms with Gasteiger partial charge < -0.3 is 9.64 Å². The van der Waals surface area contributed by atoms with Crippen LogP contribution in [0.15, 0.2) is 121 Å². The Kier molecular flexibility index (Phi) is 7.28. The molecule has 5 aromatic rings. The first-order valence-corrected chi connectivity index (χ1v) is 13.6. The molecule has 0 fully saturated rings. The number of amides is 3. The van der Waals surface area contributed by atoms with Crippen LogP contribution in [0.25, 0.3) is 10.8 Å². The van der Waals surface area contributed by atoms with Crippen molar-refractivity contribution in [1.29, 1.82) is 0 Å². The van der Waals surface area contributed by atoms with E-state index in [-0.39, 0.29) is 30.7 Å². The fraction of sp³-hybridized carbons (Fsp3) is 0.114. The molecule has 0 bridgehead atoms. The highest BCUT2D eigenvalue weighted by molar-refractivity contribution is 6.25. The van der Waals surface area contributed by atoms with Crippen LogP contribution in [0.3, 0.4) is 0 Å². The second-order valence-corrected chi connectivity index (χ2v) is 9.94. The van der Waals surface area contributed by atoms with E-state index in [0.717, 1.165) is 22.4 Å². The number of carbonyl (C=O) groups excluding carboxylic acids is 3. The number of imide groups is 1. The topological polar surface area (TPSA) is 66.9 Å². The lowest BCUT2D eigenvalue weighted by Gasteiger charge is -2.29. The van der Waals surface area contributed by atoms with Crippen LogP contribution in [-0.2, 0) is 11.2 Å². The van der Waals surface area contributed by atoms with Gasteiger partial charge in [-0.3, -0.25) is 19.3 Å². The molecule has 5 aromatic carbocycles. The summed E-state index contributed by atoms with van der Waals surface area (Å²) in [7, 11) is 0. The van der Waals surface area contributed by atoms with Crippen LogP contribution >= 0.6 is 0 Å². The molecule has 1 aliphatic rings. The molecule has 1 aliphatic heterocycles. The van der Waals surface area contributed by atoms with Gasteiger partial charge in [0.05, 0.1) is 6.42 Å². The van der Waals surface area contributed by atoms with Crippen molar-refractivity contribution in [1.82, 2.24) is 4.90 Å². The Labute approximate surface area is 238 Å². The minimum absolute atomic E-state index is 0.0701. The van der Waals surface area contributed by atoms with E-state index in [2.05, 4.69) is 0 Å². The third-order valence-electron chi connectivity index (χ3n) is 7.25. The molecule has 202 valence electrons. The highest BCUT2D eigenvalue weighted by Gasteiger charge is 2.32. The molecule has 3 amide bonds. The minimum Gasteiger partial charge on any atom is -0.457 e. The van der Waals surface area contributed by atoms with Gasteiger partial charge in [0.1, 0.15) is 11.5 Å². The number of anilines is 1. The summed E-state index contributed by atoms with van der Waals surface area (Å²) in [5, 5.41) is 1.58. The maximum Gasteiger partial charge on any atom is 0.261 e. The van der Waals surface area contributed by atoms with Crippen molar-refractivity contribution < 1.29 is 19.1 Å². The van der Waals surface area contributed by atoms with Crippen molar-refractivity contribution in [3.8, 4) is 11.5 Å². The van der Waals surface area contributed by atoms with Gasteiger partial charge in [0, 0.05) is 35.3 Å². The van der Waals surface area contributed by atoms with Crippen molar-refractivity contribution >= 4 is 34.2 Å². The molecule has 1 heterocycles. The van der Waals surface area contributed by atoms with Crippen LogP contribution in [-0.4, -0.2) is 35.7 Å². The van der Waals surface area contributed by atoms with Gasteiger partial charge in [0.25, 0.3) is 11.8 Å². The second-order valence-electron chi connectivity index (χ2n) is 9.94. The van der Waals surface area contributed by atoms with Crippen LogP contribution in [0.5, 0.6) is 11.5 Å². The third-order valence-corrected chi connectivity index (χ3v) is 7.25. The molecule has 0 spiro atoms. The standard InChI is InChI=1S/C35H28N2O4/c38-32(24-25-10-3-1-4-11-25)36(27-18-20-29(21-19-27)41-28-14-5-2-6-15-28)22-9-23-37-34(39)30-16-7-12-26-13-8-17-31(33(26)30)35(37)40/h1-8,10-21H,9,22-24H2. The fourth-order valence-electron chi connectivity index (χ4n) is 5.25. The summed E-state index contributed by atoms with van der Waals surface area (Å²) in [5.74, 6) is 0.713. The van der Waals surface area contributed by atoms with E-state index in [1.807, 2.05) is 109 Å². The van der Waals surface area contributed by atoms with Crippen LogP contribution in [0.2, 0.25) is 0 Å². The summed E-state index contributed by atoms with van der Waals surface area (Å²) in [4.78, 5) is 43.2. The zero-order valence-corrected chi connectivity index (χ0v) is 22.4. The Morgan fingerprint density at radius 1 is 0.659 bits per heavy atom. The molecule has 0 saturated carbocycles. The van der Waals surface area contributed by atoms with E-state index in [0.29, 0.717) is 35.2 Å². The van der Waals surface area contributed by atoms with E-state index >= 15 is 0 Å². The minimum atomic E-state index is -0.302. The Morgan fingerprint density at radius 2 is 1.24 bits per heavy atom. The van der Waals surface area contributed by atoms with Gasteiger partial charge in [0.2, 0.25) is 5.91 Å². The SMILES string of the molecule is O=C1c2cccc3cccc(c23)C(=O)N1CCCN(C(=O)Cc1ccccc1)c1ccc(Oc2ccccc2)cc1. The van der Waals surface area contributed by atoms with Crippen molar-refractivity contribution in [3.05, 3.63) is 138 Å². The lowest BCUT2D eigenvalue weighted by atomic mass is 9.94. The smallest absolute Gasteiger partial charge is 0.261 e. The highest BCUT2D eigenvalue weighted by Crippen LogP contribution is 2.30. The predicted octanol–water partition coefficient (Wildman–Crippen LogP) is 6.89. The van der Waals surface area contributed by atoms with E-state index < -0.39 is 0 Å². The molecule has 6 rings (SSSR count). The Bertz CT molecular complexity index is 1670. The molecule has 0 atom stereocenters. The van der Waals surface area contributed by atoms with Gasteiger partial charge in [-0.2, -0.15) is 0 Å². The van der Waals surface area contributed by atoms with Crippen molar-refractivity contribution in [3.63, 3.8) is 0 Å². The van der Waals surface area contributed by atoms with Gasteiger partial charge in [-0.15, -0.1) is 0 Å². The molecule has 41 heavy (non-hydrogen) atoms. The summed E-state index contributed by atoms with van der Waals surface area (Å²) in [6.45, 7) is 0.542. The Balaban J connectivity index is 1.20. The number of rotatable bonds is 9. The maximum absolute atomic E-state index is 13.5. The van der Waals surface area contributed by atoms with E-state index in [9.17, 15) is 14.4 Å². The van der Waals surface area contributed by atoms with E-state index in [1.165, 1.54) is 4.90 Å². The molecule has 0 aromatic heterocycles. The third kappa shape index (κ3) is 5.45. The van der Waals surface area contributed by atoms with Gasteiger partial charge >= 0.3 is 0 Å². The summed E-state index contributed by atoms with van der Waals surface area (Å²) in [6, 6.07) is 37.5. The van der Waals surface area contributed by atoms with Gasteiger partial charge in [-0.25, -0.2) is 0 Å². The average Bonchev–Trinajstić information content (AvgIpc) is 3.01. The number of hydrogen-bond donors (Lipinski definition) is 0. The zero-order valence-electron chi connectivity index (χ0n) is 22.4. The van der Waals surface area contributed by atoms with Gasteiger partial charge in [-0.05, 0) is 65.9 Å². The number of hydrogen-bond acceptors (Lipinski definition) is 4. The Hall–Kier alpha value is -5.23. The van der Waals surface area contributed by atoms with Crippen molar-refractivity contribution in [2.24, 2.45) is 0 Å². The molecule has 6 nitrogen and oxygen atoms in total. The van der Waals surface area contributed by atoms with Crippen LogP contribution in [0.4, 0.5) is 5.69 Å². The second kappa shape index (κ2) is 11.5. The molecule has 6 heteroatoms. The largest absolute Gasteiger partial charge is 0.457 e. The van der Waals surface area contributed by atoms with E-state index in [1.54, 1.807) is 17.0 Å². The monoisotopic (exact) mass is 540 g/mol. The number of ether oxygens (including phenoxy) is 1. The average molecular weight is 541 g/mol. The predicted molar refractivity (Wildman–Crippen MR) is 159 cm³/mol. The molecular formula is C35H28N2O4. The molecule has 0 radical (unpaired) electrons. The first-order valence-electron chi connectivity index (χ1n) is 13.6. The lowest BCUT2D eigenvalue weighted by Crippen LogP contribution is -2.42. The molecule has 0 unspecified atom stereocenters. The first-order chi connectivity index (χ1) is 20.1. The fourth-order valence-corrected chi connectivity index (χ4v) is 5.25. The highest BCUT2D eigenvalue weighted by atomic mass is 16.5. The summed E-state index contributed by atoms with van der Waals surface area (Å²) in [5.41, 5.74) is 2.70. The molecule has 0 saturated heterocycles. The quantitative estimate of drug-likeness (QED) is 0.191. The number of carbonyl (C=O) groups is 3. The van der Waals surface area contributed by atoms with Crippen molar-refractivity contribution in [2.45, 2.75) is 12.8 Å². The number of nitrogens with zero attached hydrogens (tertiary/aromatic N) is 2. The first kappa shape index (κ1) is 26.0. The van der Waals surface area contributed by atoms with Crippen molar-refractivity contribution in [2.75, 3.05) is 18.0 Å². The van der Waals surface area contributed by atoms with Crippen LogP contribution < -0.4 is 9.64 Å². The Morgan fingerprint density at radius 3 is 1.88 bits per heavy atom. The maximum atomic E-state index is 13.5. The zero-order chi connectivity index (χ0) is 28.2. The summed E-state index contributed by atoms with van der Waals surface area (Å²) >= 11 is 0. The van der Waals surface area contributed by atoms with Crippen LogP contribution in [0, 0.1) is 0 Å². The molecule has 0 N–H and O–H groups in total. The number of para-hydroxylation sites is 1. The summed E-state index contributed by atoms with van der Waals surface area (Å²) in [6.07, 6.45) is 0.665. The normalized spacial score (nSPS) is 12.4. The van der Waals surface area contributed by atoms with Crippen LogP contribution in [0.1, 0.15) is 32.7 Å². The van der Waals surface area contributed by atoms with E-state index in [4.69, 9.17) is 4.74 Å².